The highest BCUT2D eigenvalue weighted by molar-refractivity contribution is 5.52. The summed E-state index contributed by atoms with van der Waals surface area (Å²) in [5.74, 6) is 0. The molecule has 6 heteroatoms. The number of nitrogens with zero attached hydrogens (tertiary/aromatic N) is 5. The van der Waals surface area contributed by atoms with Crippen molar-refractivity contribution < 1.29 is 0 Å². The number of pyridine rings is 1. The summed E-state index contributed by atoms with van der Waals surface area (Å²) in [6.07, 6.45) is 6.99. The summed E-state index contributed by atoms with van der Waals surface area (Å²) in [5, 5.41) is 4.35. The van der Waals surface area contributed by atoms with Crippen LogP contribution < -0.4 is 5.56 Å². The van der Waals surface area contributed by atoms with E-state index in [1.54, 1.807) is 24.8 Å². The number of aryl methyl sites for hydroxylation is 2. The highest BCUT2D eigenvalue weighted by Crippen LogP contribution is 2.10. The van der Waals surface area contributed by atoms with E-state index in [0.29, 0.717) is 18.8 Å². The van der Waals surface area contributed by atoms with Gasteiger partial charge in [0.2, 0.25) is 0 Å². The predicted octanol–water partition coefficient (Wildman–Crippen LogP) is 1.20. The van der Waals surface area contributed by atoms with E-state index in [1.807, 2.05) is 29.0 Å². The Morgan fingerprint density at radius 1 is 1.00 bits per heavy atom. The van der Waals surface area contributed by atoms with Gasteiger partial charge in [-0.05, 0) is 18.2 Å². The van der Waals surface area contributed by atoms with Gasteiger partial charge in [-0.2, -0.15) is 5.10 Å². The zero-order valence-electron chi connectivity index (χ0n) is 10.8. The molecular formula is C14H13N5O. The van der Waals surface area contributed by atoms with E-state index in [0.717, 1.165) is 5.69 Å². The van der Waals surface area contributed by atoms with Gasteiger partial charge in [0.1, 0.15) is 5.69 Å². The van der Waals surface area contributed by atoms with Crippen LogP contribution >= 0.6 is 0 Å². The van der Waals surface area contributed by atoms with E-state index in [1.165, 1.54) is 10.7 Å². The number of aromatic nitrogens is 5. The quantitative estimate of drug-likeness (QED) is 0.712. The molecule has 3 aromatic heterocycles. The van der Waals surface area contributed by atoms with Crippen molar-refractivity contribution in [2.45, 2.75) is 13.1 Å². The second kappa shape index (κ2) is 5.48. The van der Waals surface area contributed by atoms with Crippen molar-refractivity contribution in [1.29, 1.82) is 0 Å². The summed E-state index contributed by atoms with van der Waals surface area (Å²) >= 11 is 0. The van der Waals surface area contributed by atoms with Crippen LogP contribution in [0.1, 0.15) is 0 Å². The molecule has 0 fully saturated rings. The molecule has 0 saturated heterocycles. The number of rotatable bonds is 4. The maximum Gasteiger partial charge on any atom is 0.266 e. The van der Waals surface area contributed by atoms with Crippen molar-refractivity contribution in [2.24, 2.45) is 0 Å². The Bertz CT molecular complexity index is 734. The lowest BCUT2D eigenvalue weighted by molar-refractivity contribution is 0.512. The van der Waals surface area contributed by atoms with Crippen LogP contribution in [-0.4, -0.2) is 24.3 Å². The first kappa shape index (κ1) is 12.3. The average Bonchev–Trinajstić information content (AvgIpc) is 3.01. The Kier molecular flexibility index (Phi) is 3.36. The molecule has 0 aromatic carbocycles. The fraction of sp³-hybridized carbons (Fsp3) is 0.143. The normalized spacial score (nSPS) is 10.6. The molecule has 0 spiro atoms. The summed E-state index contributed by atoms with van der Waals surface area (Å²) in [6, 6.07) is 8.82. The molecule has 100 valence electrons. The van der Waals surface area contributed by atoms with Gasteiger partial charge in [-0.1, -0.05) is 6.07 Å². The fourth-order valence-corrected chi connectivity index (χ4v) is 1.89. The third-order valence-corrected chi connectivity index (χ3v) is 2.92. The van der Waals surface area contributed by atoms with Crippen LogP contribution in [0.3, 0.4) is 0 Å². The van der Waals surface area contributed by atoms with Crippen LogP contribution in [0.2, 0.25) is 0 Å². The summed E-state index contributed by atoms with van der Waals surface area (Å²) in [5.41, 5.74) is 1.32. The zero-order chi connectivity index (χ0) is 13.8. The Morgan fingerprint density at radius 3 is 2.70 bits per heavy atom. The molecule has 0 bridgehead atoms. The van der Waals surface area contributed by atoms with Crippen LogP contribution in [-0.2, 0) is 13.1 Å². The predicted molar refractivity (Wildman–Crippen MR) is 74.0 cm³/mol. The molecule has 3 heterocycles. The molecule has 3 rings (SSSR count). The van der Waals surface area contributed by atoms with Gasteiger partial charge < -0.3 is 4.57 Å². The smallest absolute Gasteiger partial charge is 0.266 e. The van der Waals surface area contributed by atoms with Crippen molar-refractivity contribution in [1.82, 2.24) is 24.3 Å². The average molecular weight is 267 g/mol. The van der Waals surface area contributed by atoms with Crippen molar-refractivity contribution in [3.63, 3.8) is 0 Å². The lowest BCUT2D eigenvalue weighted by Crippen LogP contribution is -2.24. The SMILES string of the molecule is O=c1ccc(-c2ccccn2)nn1CCn1ccnc1. The Balaban J connectivity index is 1.85. The molecule has 0 aliphatic heterocycles. The molecule has 0 amide bonds. The maximum absolute atomic E-state index is 11.8. The Labute approximate surface area is 115 Å². The molecule has 0 aliphatic carbocycles. The van der Waals surface area contributed by atoms with E-state index in [9.17, 15) is 4.79 Å². The molecule has 0 saturated carbocycles. The topological polar surface area (TPSA) is 65.6 Å². The van der Waals surface area contributed by atoms with Crippen LogP contribution in [0.25, 0.3) is 11.4 Å². The minimum Gasteiger partial charge on any atom is -0.336 e. The van der Waals surface area contributed by atoms with Crippen LogP contribution in [0.5, 0.6) is 0 Å². The standard InChI is InChI=1S/C14H13N5O/c20-14-5-4-13(12-3-1-2-6-16-12)17-19(14)10-9-18-8-7-15-11-18/h1-8,11H,9-10H2. The third kappa shape index (κ3) is 2.64. The van der Waals surface area contributed by atoms with Gasteiger partial charge in [0.05, 0.1) is 18.6 Å². The zero-order valence-corrected chi connectivity index (χ0v) is 10.8. The van der Waals surface area contributed by atoms with Crippen LogP contribution in [0, 0.1) is 0 Å². The molecule has 0 atom stereocenters. The fourth-order valence-electron chi connectivity index (χ4n) is 1.89. The molecule has 20 heavy (non-hydrogen) atoms. The molecule has 0 N–H and O–H groups in total. The maximum atomic E-state index is 11.8. The third-order valence-electron chi connectivity index (χ3n) is 2.92. The summed E-state index contributed by atoms with van der Waals surface area (Å²) in [6.45, 7) is 1.15. The highest BCUT2D eigenvalue weighted by Gasteiger charge is 2.04. The first-order valence-electron chi connectivity index (χ1n) is 6.28. The van der Waals surface area contributed by atoms with Crippen molar-refractivity contribution in [3.8, 4) is 11.4 Å². The molecular weight excluding hydrogens is 254 g/mol. The summed E-state index contributed by atoms with van der Waals surface area (Å²) < 4.78 is 3.35. The van der Waals surface area contributed by atoms with E-state index < -0.39 is 0 Å². The number of imidazole rings is 1. The lowest BCUT2D eigenvalue weighted by atomic mass is 10.2. The van der Waals surface area contributed by atoms with Gasteiger partial charge in [0, 0.05) is 31.2 Å². The molecule has 0 aliphatic rings. The second-order valence-electron chi connectivity index (χ2n) is 4.30. The van der Waals surface area contributed by atoms with E-state index in [-0.39, 0.29) is 5.56 Å². The van der Waals surface area contributed by atoms with Gasteiger partial charge >= 0.3 is 0 Å². The van der Waals surface area contributed by atoms with Crippen LogP contribution in [0.4, 0.5) is 0 Å². The van der Waals surface area contributed by atoms with Crippen molar-refractivity contribution in [3.05, 3.63) is 65.6 Å². The molecule has 6 nitrogen and oxygen atoms in total. The highest BCUT2D eigenvalue weighted by atomic mass is 16.1. The van der Waals surface area contributed by atoms with Gasteiger partial charge in [0.25, 0.3) is 5.56 Å². The Hall–Kier alpha value is -2.76. The lowest BCUT2D eigenvalue weighted by Gasteiger charge is -2.07. The number of hydrogen-bond acceptors (Lipinski definition) is 4. The van der Waals surface area contributed by atoms with Crippen molar-refractivity contribution in [2.75, 3.05) is 0 Å². The Morgan fingerprint density at radius 2 is 1.95 bits per heavy atom. The monoisotopic (exact) mass is 267 g/mol. The summed E-state index contributed by atoms with van der Waals surface area (Å²) in [4.78, 5) is 20.0. The number of hydrogen-bond donors (Lipinski definition) is 0. The first-order valence-corrected chi connectivity index (χ1v) is 6.28. The largest absolute Gasteiger partial charge is 0.336 e. The van der Waals surface area contributed by atoms with E-state index in [4.69, 9.17) is 0 Å². The van der Waals surface area contributed by atoms with E-state index in [2.05, 4.69) is 15.1 Å². The molecule has 0 radical (unpaired) electrons. The first-order chi connectivity index (χ1) is 9.83. The van der Waals surface area contributed by atoms with Gasteiger partial charge in [-0.3, -0.25) is 9.78 Å². The van der Waals surface area contributed by atoms with Gasteiger partial charge in [-0.25, -0.2) is 9.67 Å². The van der Waals surface area contributed by atoms with Crippen molar-refractivity contribution >= 4 is 0 Å². The second-order valence-corrected chi connectivity index (χ2v) is 4.30. The van der Waals surface area contributed by atoms with Gasteiger partial charge in [-0.15, -0.1) is 0 Å². The molecule has 0 unspecified atom stereocenters. The van der Waals surface area contributed by atoms with Gasteiger partial charge in [0.15, 0.2) is 0 Å². The summed E-state index contributed by atoms with van der Waals surface area (Å²) in [7, 11) is 0. The molecule has 3 aromatic rings. The van der Waals surface area contributed by atoms with E-state index >= 15 is 0 Å². The van der Waals surface area contributed by atoms with Crippen LogP contribution in [0.15, 0.2) is 60.0 Å². The minimum absolute atomic E-state index is 0.121. The minimum atomic E-state index is -0.121.